The number of halogens is 1. The summed E-state index contributed by atoms with van der Waals surface area (Å²) >= 11 is 6.06. The molecule has 5 nitrogen and oxygen atoms in total. The lowest BCUT2D eigenvalue weighted by molar-refractivity contribution is 0.730. The molecule has 20 heavy (non-hydrogen) atoms. The first kappa shape index (κ1) is 13.4. The second-order valence-corrected chi connectivity index (χ2v) is 5.72. The maximum atomic E-state index is 6.06. The molecule has 1 aliphatic rings. The number of hydrogen-bond donors (Lipinski definition) is 1. The Morgan fingerprint density at radius 2 is 2.10 bits per heavy atom. The number of rotatable bonds is 4. The Labute approximate surface area is 123 Å². The van der Waals surface area contributed by atoms with E-state index in [-0.39, 0.29) is 0 Å². The summed E-state index contributed by atoms with van der Waals surface area (Å²) < 4.78 is 1.90. The largest absolute Gasteiger partial charge is 0.366 e. The summed E-state index contributed by atoms with van der Waals surface area (Å²) in [6.45, 7) is 4.79. The molecule has 0 aliphatic heterocycles. The summed E-state index contributed by atoms with van der Waals surface area (Å²) in [6, 6.07) is 1.77. The van der Waals surface area contributed by atoms with Gasteiger partial charge in [0, 0.05) is 36.8 Å². The first-order valence-corrected chi connectivity index (χ1v) is 7.20. The van der Waals surface area contributed by atoms with Gasteiger partial charge >= 0.3 is 0 Å². The lowest BCUT2D eigenvalue weighted by Crippen LogP contribution is -2.06. The first-order valence-electron chi connectivity index (χ1n) is 6.82. The zero-order valence-corrected chi connectivity index (χ0v) is 12.7. The molecule has 0 bridgehead atoms. The van der Waals surface area contributed by atoms with Crippen LogP contribution in [-0.4, -0.2) is 19.7 Å². The molecule has 1 N–H and O–H groups in total. The first-order chi connectivity index (χ1) is 9.54. The minimum Gasteiger partial charge on any atom is -0.366 e. The number of anilines is 1. The van der Waals surface area contributed by atoms with E-state index in [1.165, 1.54) is 18.4 Å². The van der Waals surface area contributed by atoms with Gasteiger partial charge in [-0.2, -0.15) is 5.10 Å². The molecule has 2 heterocycles. The Balaban J connectivity index is 1.78. The van der Waals surface area contributed by atoms with Crippen LogP contribution in [0.5, 0.6) is 0 Å². The number of nitrogens with one attached hydrogen (secondary N) is 1. The van der Waals surface area contributed by atoms with Gasteiger partial charge in [0.25, 0.3) is 0 Å². The minimum atomic E-state index is 0.496. The highest BCUT2D eigenvalue weighted by Gasteiger charge is 2.27. The van der Waals surface area contributed by atoms with Crippen LogP contribution in [0.3, 0.4) is 0 Å². The van der Waals surface area contributed by atoms with Crippen molar-refractivity contribution >= 4 is 17.4 Å². The van der Waals surface area contributed by atoms with E-state index in [0.717, 1.165) is 23.0 Å². The second-order valence-electron chi connectivity index (χ2n) is 5.33. The Kier molecular flexibility index (Phi) is 3.38. The number of nitrogens with zero attached hydrogens (tertiary/aromatic N) is 4. The predicted octanol–water partition coefficient (Wildman–Crippen LogP) is 2.97. The van der Waals surface area contributed by atoms with Crippen LogP contribution in [0.15, 0.2) is 6.07 Å². The average Bonchev–Trinajstić information content (AvgIpc) is 3.18. The SMILES string of the molecule is Cc1nn(C)c(C)c1CNc1cc(Cl)nc(C2CC2)n1. The molecule has 0 aromatic carbocycles. The molecule has 1 saturated carbocycles. The van der Waals surface area contributed by atoms with E-state index in [4.69, 9.17) is 11.6 Å². The molecule has 0 unspecified atom stereocenters. The molecule has 2 aromatic rings. The van der Waals surface area contributed by atoms with Crippen molar-refractivity contribution in [3.8, 4) is 0 Å². The smallest absolute Gasteiger partial charge is 0.135 e. The van der Waals surface area contributed by atoms with Crippen molar-refractivity contribution in [3.63, 3.8) is 0 Å². The van der Waals surface area contributed by atoms with E-state index < -0.39 is 0 Å². The van der Waals surface area contributed by atoms with E-state index in [0.29, 0.717) is 17.6 Å². The lowest BCUT2D eigenvalue weighted by atomic mass is 10.2. The highest BCUT2D eigenvalue weighted by molar-refractivity contribution is 6.29. The molecule has 1 fully saturated rings. The van der Waals surface area contributed by atoms with Gasteiger partial charge in [-0.05, 0) is 26.7 Å². The van der Waals surface area contributed by atoms with Gasteiger partial charge in [0.2, 0.25) is 0 Å². The molecule has 0 spiro atoms. The third kappa shape index (κ3) is 2.63. The summed E-state index contributed by atoms with van der Waals surface area (Å²) in [5.74, 6) is 2.14. The van der Waals surface area contributed by atoms with Gasteiger partial charge in [-0.3, -0.25) is 4.68 Å². The molecule has 0 amide bonds. The minimum absolute atomic E-state index is 0.496. The van der Waals surface area contributed by atoms with Crippen LogP contribution in [-0.2, 0) is 13.6 Å². The summed E-state index contributed by atoms with van der Waals surface area (Å²) in [4.78, 5) is 8.83. The molecule has 106 valence electrons. The van der Waals surface area contributed by atoms with E-state index in [2.05, 4.69) is 27.3 Å². The lowest BCUT2D eigenvalue weighted by Gasteiger charge is -2.08. The Bertz CT molecular complexity index is 645. The average molecular weight is 292 g/mol. The van der Waals surface area contributed by atoms with Crippen LogP contribution in [0.25, 0.3) is 0 Å². The van der Waals surface area contributed by atoms with Gasteiger partial charge in [-0.15, -0.1) is 0 Å². The van der Waals surface area contributed by atoms with Crippen LogP contribution >= 0.6 is 11.6 Å². The van der Waals surface area contributed by atoms with E-state index in [9.17, 15) is 0 Å². The van der Waals surface area contributed by atoms with Gasteiger partial charge in [-0.25, -0.2) is 9.97 Å². The van der Waals surface area contributed by atoms with E-state index >= 15 is 0 Å². The molecule has 0 atom stereocenters. The zero-order valence-electron chi connectivity index (χ0n) is 11.9. The fourth-order valence-electron chi connectivity index (χ4n) is 2.30. The van der Waals surface area contributed by atoms with Gasteiger partial charge in [-0.1, -0.05) is 11.6 Å². The van der Waals surface area contributed by atoms with Gasteiger partial charge < -0.3 is 5.32 Å². The highest BCUT2D eigenvalue weighted by Crippen LogP contribution is 2.38. The van der Waals surface area contributed by atoms with Crippen LogP contribution in [0.2, 0.25) is 5.15 Å². The fraction of sp³-hybridized carbons (Fsp3) is 0.500. The van der Waals surface area contributed by atoms with Crippen molar-refractivity contribution in [2.75, 3.05) is 5.32 Å². The van der Waals surface area contributed by atoms with Crippen LogP contribution < -0.4 is 5.32 Å². The molecule has 0 saturated heterocycles. The molecule has 3 rings (SSSR count). The van der Waals surface area contributed by atoms with Crippen molar-refractivity contribution in [2.45, 2.75) is 39.2 Å². The monoisotopic (exact) mass is 291 g/mol. The van der Waals surface area contributed by atoms with Gasteiger partial charge in [0.1, 0.15) is 16.8 Å². The van der Waals surface area contributed by atoms with E-state index in [1.54, 1.807) is 6.07 Å². The maximum absolute atomic E-state index is 6.06. The number of aromatic nitrogens is 4. The quantitative estimate of drug-likeness (QED) is 0.880. The third-order valence-corrected chi connectivity index (χ3v) is 3.95. The van der Waals surface area contributed by atoms with Crippen molar-refractivity contribution in [1.29, 1.82) is 0 Å². The van der Waals surface area contributed by atoms with Crippen LogP contribution in [0.4, 0.5) is 5.82 Å². The van der Waals surface area contributed by atoms with Crippen molar-refractivity contribution < 1.29 is 0 Å². The summed E-state index contributed by atoms with van der Waals surface area (Å²) in [7, 11) is 1.96. The van der Waals surface area contributed by atoms with Crippen molar-refractivity contribution in [3.05, 3.63) is 34.0 Å². The third-order valence-electron chi connectivity index (χ3n) is 3.76. The Morgan fingerprint density at radius 3 is 2.70 bits per heavy atom. The van der Waals surface area contributed by atoms with Crippen molar-refractivity contribution in [2.24, 2.45) is 7.05 Å². The molecule has 6 heteroatoms. The molecule has 0 radical (unpaired) electrons. The molecule has 2 aromatic heterocycles. The molecular weight excluding hydrogens is 274 g/mol. The zero-order chi connectivity index (χ0) is 14.3. The number of hydrogen-bond acceptors (Lipinski definition) is 4. The second kappa shape index (κ2) is 5.05. The normalized spacial score (nSPS) is 14.6. The molecule has 1 aliphatic carbocycles. The predicted molar refractivity (Wildman–Crippen MR) is 79.0 cm³/mol. The fourth-order valence-corrected chi connectivity index (χ4v) is 2.49. The van der Waals surface area contributed by atoms with Gasteiger partial charge in [0.05, 0.1) is 5.69 Å². The van der Waals surface area contributed by atoms with Crippen LogP contribution in [0.1, 0.15) is 41.5 Å². The maximum Gasteiger partial charge on any atom is 0.135 e. The summed E-state index contributed by atoms with van der Waals surface area (Å²) in [5, 5.41) is 8.25. The highest BCUT2D eigenvalue weighted by atomic mass is 35.5. The topological polar surface area (TPSA) is 55.6 Å². The summed E-state index contributed by atoms with van der Waals surface area (Å²) in [5.41, 5.74) is 3.41. The molecular formula is C14H18ClN5. The van der Waals surface area contributed by atoms with E-state index in [1.807, 2.05) is 18.7 Å². The summed E-state index contributed by atoms with van der Waals surface area (Å²) in [6.07, 6.45) is 2.33. The van der Waals surface area contributed by atoms with Crippen molar-refractivity contribution in [1.82, 2.24) is 19.7 Å². The van der Waals surface area contributed by atoms with Crippen LogP contribution in [0, 0.1) is 13.8 Å². The standard InChI is InChI=1S/C14H18ClN5/c1-8-11(9(2)20(3)19-8)7-16-13-6-12(15)17-14(18-13)10-4-5-10/h6,10H,4-5,7H2,1-3H3,(H,16,17,18). The number of aryl methyl sites for hydroxylation is 2. The van der Waals surface area contributed by atoms with Gasteiger partial charge in [0.15, 0.2) is 0 Å². The Morgan fingerprint density at radius 1 is 1.35 bits per heavy atom. The Hall–Kier alpha value is -1.62.